The third-order valence-corrected chi connectivity index (χ3v) is 6.17. The Morgan fingerprint density at radius 3 is 2.48 bits per heavy atom. The highest BCUT2D eigenvalue weighted by atomic mass is 19.1. The summed E-state index contributed by atoms with van der Waals surface area (Å²) in [6, 6.07) is 10.7. The van der Waals surface area contributed by atoms with E-state index in [1.165, 1.54) is 12.1 Å². The molecule has 2 unspecified atom stereocenters. The van der Waals surface area contributed by atoms with Crippen molar-refractivity contribution in [3.05, 3.63) is 59.7 Å². The van der Waals surface area contributed by atoms with Gasteiger partial charge in [-0.25, -0.2) is 13.6 Å². The first-order valence-electron chi connectivity index (χ1n) is 10.8. The molecule has 7 heteroatoms. The average Bonchev–Trinajstić information content (AvgIpc) is 2.78. The molecule has 5 nitrogen and oxygen atoms in total. The van der Waals surface area contributed by atoms with Gasteiger partial charge in [-0.05, 0) is 36.6 Å². The summed E-state index contributed by atoms with van der Waals surface area (Å²) < 4.78 is 38.3. The van der Waals surface area contributed by atoms with Gasteiger partial charge in [0.05, 0.1) is 19.3 Å². The van der Waals surface area contributed by atoms with Crippen LogP contribution >= 0.6 is 0 Å². The molecule has 0 saturated carbocycles. The predicted octanol–water partition coefficient (Wildman–Crippen LogP) is 4.63. The quantitative estimate of drug-likeness (QED) is 0.670. The minimum absolute atomic E-state index is 0.0531. The third kappa shape index (κ3) is 5.22. The maximum atomic E-state index is 14.0. The number of hydrogen-bond acceptors (Lipinski definition) is 4. The van der Waals surface area contributed by atoms with E-state index in [9.17, 15) is 13.6 Å². The number of carbonyl (C=O) groups excluding carboxylic acids is 1. The molecule has 1 amide bonds. The van der Waals surface area contributed by atoms with Crippen molar-refractivity contribution in [2.24, 2.45) is 0 Å². The van der Waals surface area contributed by atoms with Crippen LogP contribution in [0, 0.1) is 11.6 Å². The van der Waals surface area contributed by atoms with Gasteiger partial charge in [0.15, 0.2) is 0 Å². The standard InChI is InChI=1S/C24H28F2N2O3/c1-17(18-2-4-19(5-3-18)22-7-6-20(25)16-23(22)26)28-11-9-21(31-24(28)29)8-10-27-12-14-30-15-13-27/h2-7,16-17,21H,8-15H2,1H3. The summed E-state index contributed by atoms with van der Waals surface area (Å²) in [5.74, 6) is -1.19. The van der Waals surface area contributed by atoms with Crippen LogP contribution in [0.2, 0.25) is 0 Å². The number of halogens is 2. The second kappa shape index (κ2) is 9.75. The summed E-state index contributed by atoms with van der Waals surface area (Å²) in [7, 11) is 0. The fourth-order valence-corrected chi connectivity index (χ4v) is 4.19. The number of amides is 1. The second-order valence-electron chi connectivity index (χ2n) is 8.15. The lowest BCUT2D eigenvalue weighted by molar-refractivity contribution is -0.00355. The highest BCUT2D eigenvalue weighted by molar-refractivity contribution is 5.69. The number of nitrogens with zero attached hydrogens (tertiary/aromatic N) is 2. The van der Waals surface area contributed by atoms with E-state index in [1.54, 1.807) is 17.0 Å². The van der Waals surface area contributed by atoms with Crippen LogP contribution < -0.4 is 0 Å². The Morgan fingerprint density at radius 2 is 1.81 bits per heavy atom. The Labute approximate surface area is 181 Å². The van der Waals surface area contributed by atoms with Crippen LogP contribution in [-0.4, -0.2) is 61.4 Å². The lowest BCUT2D eigenvalue weighted by Crippen LogP contribution is -2.45. The molecule has 2 fully saturated rings. The molecule has 4 rings (SSSR count). The van der Waals surface area contributed by atoms with Crippen molar-refractivity contribution in [2.45, 2.75) is 31.9 Å². The normalized spacial score (nSPS) is 21.1. The monoisotopic (exact) mass is 430 g/mol. The highest BCUT2D eigenvalue weighted by Gasteiger charge is 2.31. The van der Waals surface area contributed by atoms with Crippen molar-refractivity contribution >= 4 is 6.09 Å². The molecule has 2 aromatic carbocycles. The molecule has 0 radical (unpaired) electrons. The topological polar surface area (TPSA) is 42.0 Å². The molecule has 2 heterocycles. The number of carbonyl (C=O) groups is 1. The van der Waals surface area contributed by atoms with E-state index < -0.39 is 11.6 Å². The van der Waals surface area contributed by atoms with Crippen molar-refractivity contribution < 1.29 is 23.0 Å². The van der Waals surface area contributed by atoms with E-state index in [2.05, 4.69) is 4.90 Å². The van der Waals surface area contributed by atoms with Crippen molar-refractivity contribution in [2.75, 3.05) is 39.4 Å². The SMILES string of the molecule is CC(c1ccc(-c2ccc(F)cc2F)cc1)N1CCC(CCN2CCOCC2)OC1=O. The van der Waals surface area contributed by atoms with Gasteiger partial charge in [0.2, 0.25) is 0 Å². The lowest BCUT2D eigenvalue weighted by Gasteiger charge is -2.36. The fourth-order valence-electron chi connectivity index (χ4n) is 4.19. The predicted molar refractivity (Wildman–Crippen MR) is 114 cm³/mol. The molecule has 0 bridgehead atoms. The molecule has 2 aliphatic rings. The zero-order valence-electron chi connectivity index (χ0n) is 17.7. The van der Waals surface area contributed by atoms with Gasteiger partial charge < -0.3 is 14.4 Å². The Hall–Kier alpha value is -2.51. The van der Waals surface area contributed by atoms with Gasteiger partial charge in [0.1, 0.15) is 17.7 Å². The largest absolute Gasteiger partial charge is 0.446 e. The molecule has 0 aliphatic carbocycles. The molecule has 2 saturated heterocycles. The summed E-state index contributed by atoms with van der Waals surface area (Å²) in [5, 5.41) is 0. The van der Waals surface area contributed by atoms with Crippen LogP contribution in [0.3, 0.4) is 0 Å². The average molecular weight is 430 g/mol. The van der Waals surface area contributed by atoms with Crippen LogP contribution in [0.15, 0.2) is 42.5 Å². The zero-order valence-corrected chi connectivity index (χ0v) is 17.7. The van der Waals surface area contributed by atoms with Gasteiger partial charge in [-0.3, -0.25) is 4.90 Å². The third-order valence-electron chi connectivity index (χ3n) is 6.17. The summed E-state index contributed by atoms with van der Waals surface area (Å²) in [6.45, 7) is 6.91. The van der Waals surface area contributed by atoms with E-state index in [4.69, 9.17) is 9.47 Å². The molecule has 0 aromatic heterocycles. The van der Waals surface area contributed by atoms with Crippen LogP contribution in [0.25, 0.3) is 11.1 Å². The van der Waals surface area contributed by atoms with Crippen molar-refractivity contribution in [3.63, 3.8) is 0 Å². The Balaban J connectivity index is 1.34. The molecular formula is C24H28F2N2O3. The number of morpholine rings is 1. The fraction of sp³-hybridized carbons (Fsp3) is 0.458. The first-order chi connectivity index (χ1) is 15.0. The smallest absolute Gasteiger partial charge is 0.410 e. The zero-order chi connectivity index (χ0) is 21.8. The van der Waals surface area contributed by atoms with E-state index >= 15 is 0 Å². The van der Waals surface area contributed by atoms with E-state index in [0.29, 0.717) is 17.7 Å². The minimum atomic E-state index is -0.599. The maximum Gasteiger partial charge on any atom is 0.410 e. The molecule has 2 aromatic rings. The number of rotatable bonds is 6. The summed E-state index contributed by atoms with van der Waals surface area (Å²) in [5.41, 5.74) is 1.95. The number of cyclic esters (lactones) is 1. The van der Waals surface area contributed by atoms with Crippen LogP contribution in [0.1, 0.15) is 31.4 Å². The summed E-state index contributed by atoms with van der Waals surface area (Å²) in [6.07, 6.45) is 1.30. The van der Waals surface area contributed by atoms with Gasteiger partial charge in [0.25, 0.3) is 0 Å². The molecule has 0 N–H and O–H groups in total. The van der Waals surface area contributed by atoms with Gasteiger partial charge in [-0.1, -0.05) is 24.3 Å². The first kappa shape index (κ1) is 21.7. The minimum Gasteiger partial charge on any atom is -0.446 e. The van der Waals surface area contributed by atoms with Crippen molar-refractivity contribution in [1.29, 1.82) is 0 Å². The van der Waals surface area contributed by atoms with Crippen LogP contribution in [-0.2, 0) is 9.47 Å². The highest BCUT2D eigenvalue weighted by Crippen LogP contribution is 2.29. The lowest BCUT2D eigenvalue weighted by atomic mass is 10.00. The van der Waals surface area contributed by atoms with Gasteiger partial charge >= 0.3 is 6.09 Å². The van der Waals surface area contributed by atoms with E-state index in [-0.39, 0.29) is 18.2 Å². The van der Waals surface area contributed by atoms with E-state index in [1.807, 2.05) is 19.1 Å². The van der Waals surface area contributed by atoms with Crippen LogP contribution in [0.5, 0.6) is 0 Å². The number of hydrogen-bond donors (Lipinski definition) is 0. The molecule has 2 aliphatic heterocycles. The Kier molecular flexibility index (Phi) is 6.83. The number of benzene rings is 2. The second-order valence-corrected chi connectivity index (χ2v) is 8.15. The molecule has 31 heavy (non-hydrogen) atoms. The number of ether oxygens (including phenoxy) is 2. The first-order valence-corrected chi connectivity index (χ1v) is 10.8. The van der Waals surface area contributed by atoms with Gasteiger partial charge in [-0.2, -0.15) is 0 Å². The van der Waals surface area contributed by atoms with Gasteiger partial charge in [-0.15, -0.1) is 0 Å². The molecule has 2 atom stereocenters. The Morgan fingerprint density at radius 1 is 1.06 bits per heavy atom. The maximum absolute atomic E-state index is 14.0. The van der Waals surface area contributed by atoms with Crippen LogP contribution in [0.4, 0.5) is 13.6 Å². The van der Waals surface area contributed by atoms with E-state index in [0.717, 1.165) is 57.3 Å². The molecule has 0 spiro atoms. The van der Waals surface area contributed by atoms with Crippen molar-refractivity contribution in [1.82, 2.24) is 9.80 Å². The molecular weight excluding hydrogens is 402 g/mol. The molecule has 166 valence electrons. The summed E-state index contributed by atoms with van der Waals surface area (Å²) in [4.78, 5) is 16.7. The van der Waals surface area contributed by atoms with Crippen molar-refractivity contribution in [3.8, 4) is 11.1 Å². The van der Waals surface area contributed by atoms with Gasteiger partial charge in [0, 0.05) is 44.2 Å². The summed E-state index contributed by atoms with van der Waals surface area (Å²) >= 11 is 0. The Bertz CT molecular complexity index is 900.